The van der Waals surface area contributed by atoms with Crippen molar-refractivity contribution in [3.63, 3.8) is 0 Å². The van der Waals surface area contributed by atoms with Crippen LogP contribution in [0.25, 0.3) is 0 Å². The fourth-order valence-corrected chi connectivity index (χ4v) is 3.60. The van der Waals surface area contributed by atoms with Gasteiger partial charge in [-0.2, -0.15) is 0 Å². The highest BCUT2D eigenvalue weighted by atomic mass is 16.1. The third-order valence-corrected chi connectivity index (χ3v) is 4.71. The number of hydrogen-bond acceptors (Lipinski definition) is 1. The van der Waals surface area contributed by atoms with Crippen molar-refractivity contribution in [3.05, 3.63) is 84.4 Å². The maximum atomic E-state index is 11.4. The van der Waals surface area contributed by atoms with E-state index in [1.54, 1.807) is 0 Å². The van der Waals surface area contributed by atoms with Crippen molar-refractivity contribution in [2.75, 3.05) is 19.6 Å². The fraction of sp³-hybridized carbons (Fsp3) is 0.348. The molecule has 0 saturated carbocycles. The number of hydrogen-bond donors (Lipinski definition) is 1. The number of carbonyl (C=O) groups is 1. The van der Waals surface area contributed by atoms with Gasteiger partial charge in [0.25, 0.3) is 0 Å². The number of rotatable bonds is 11. The van der Waals surface area contributed by atoms with Crippen LogP contribution in [-0.4, -0.2) is 30.0 Å². The molecule has 3 heteroatoms. The molecule has 0 aromatic heterocycles. The van der Waals surface area contributed by atoms with E-state index < -0.39 is 0 Å². The lowest BCUT2D eigenvalue weighted by Gasteiger charge is -2.39. The third-order valence-electron chi connectivity index (χ3n) is 4.71. The summed E-state index contributed by atoms with van der Waals surface area (Å²) in [5.41, 5.74) is 2.74. The van der Waals surface area contributed by atoms with Crippen LogP contribution in [0.3, 0.4) is 0 Å². The molecule has 0 unspecified atom stereocenters. The fourth-order valence-electron chi connectivity index (χ4n) is 3.60. The molecule has 3 nitrogen and oxygen atoms in total. The highest BCUT2D eigenvalue weighted by Gasteiger charge is 2.27. The Bertz CT molecular complexity index is 626. The molecule has 0 spiro atoms. The van der Waals surface area contributed by atoms with Gasteiger partial charge in [-0.25, -0.2) is 0 Å². The van der Waals surface area contributed by atoms with Crippen LogP contribution < -0.4 is 5.32 Å². The van der Waals surface area contributed by atoms with Crippen molar-refractivity contribution in [3.8, 4) is 0 Å². The maximum Gasteiger partial charge on any atom is 0.243 e. The molecule has 2 aromatic carbocycles. The molecule has 138 valence electrons. The van der Waals surface area contributed by atoms with E-state index in [0.717, 1.165) is 43.5 Å². The first-order valence-electron chi connectivity index (χ1n) is 9.51. The largest absolute Gasteiger partial charge is 0.352 e. The van der Waals surface area contributed by atoms with Crippen molar-refractivity contribution >= 4 is 5.91 Å². The smallest absolute Gasteiger partial charge is 0.243 e. The van der Waals surface area contributed by atoms with E-state index in [1.807, 2.05) is 0 Å². The second-order valence-corrected chi connectivity index (χ2v) is 6.92. The summed E-state index contributed by atoms with van der Waals surface area (Å²) in [5.74, 6) is -0.0929. The lowest BCUT2D eigenvalue weighted by molar-refractivity contribution is -0.953. The molecule has 1 amide bonds. The summed E-state index contributed by atoms with van der Waals surface area (Å²) in [6.07, 6.45) is 3.43. The monoisotopic (exact) mass is 351 g/mol. The lowest BCUT2D eigenvalue weighted by atomic mass is 10.1. The zero-order valence-corrected chi connectivity index (χ0v) is 15.9. The second-order valence-electron chi connectivity index (χ2n) is 6.92. The number of carbonyl (C=O) groups excluding carboxylic acids is 1. The van der Waals surface area contributed by atoms with Gasteiger partial charge in [0.05, 0.1) is 13.1 Å². The Labute approximate surface area is 157 Å². The Balaban J connectivity index is 2.15. The molecule has 1 N–H and O–H groups in total. The Hall–Kier alpha value is -2.39. The predicted octanol–water partition coefficient (Wildman–Crippen LogP) is 4.31. The van der Waals surface area contributed by atoms with Gasteiger partial charge in [0.2, 0.25) is 5.91 Å². The first kappa shape index (κ1) is 19.9. The Kier molecular flexibility index (Phi) is 8.10. The summed E-state index contributed by atoms with van der Waals surface area (Å²) in [6.45, 7) is 10.6. The van der Waals surface area contributed by atoms with E-state index in [0.29, 0.717) is 6.54 Å². The molecule has 0 heterocycles. The van der Waals surface area contributed by atoms with Crippen LogP contribution in [0.2, 0.25) is 0 Å². The average molecular weight is 352 g/mol. The Morgan fingerprint density at radius 3 is 1.96 bits per heavy atom. The first-order chi connectivity index (χ1) is 12.7. The molecular weight excluding hydrogens is 320 g/mol. The standard InChI is InChI=1S/C23H30N2O/c1-3-17-25(18-11-16-24-23(26)4-2,19-21-12-7-5-8-13-21)20-22-14-9-6-10-15-22/h4-10,12-15H,2-3,11,16-20H2,1H3/p+1. The number of quaternary nitrogens is 1. The van der Waals surface area contributed by atoms with Crippen molar-refractivity contribution in [2.45, 2.75) is 32.9 Å². The number of nitrogens with one attached hydrogen (secondary N) is 1. The number of benzene rings is 2. The SMILES string of the molecule is C=CC(=O)NCCC[N+](CCC)(Cc1ccccc1)Cc1ccccc1. The summed E-state index contributed by atoms with van der Waals surface area (Å²) >= 11 is 0. The molecule has 0 fully saturated rings. The second kappa shape index (κ2) is 10.6. The van der Waals surface area contributed by atoms with Crippen molar-refractivity contribution < 1.29 is 9.28 Å². The van der Waals surface area contributed by atoms with Gasteiger partial charge in [-0.1, -0.05) is 74.2 Å². The molecule has 0 aliphatic heterocycles. The molecule has 0 radical (unpaired) electrons. The van der Waals surface area contributed by atoms with Crippen LogP contribution in [-0.2, 0) is 17.9 Å². The Morgan fingerprint density at radius 2 is 1.50 bits per heavy atom. The molecule has 0 saturated heterocycles. The summed E-state index contributed by atoms with van der Waals surface area (Å²) in [4.78, 5) is 11.4. The predicted molar refractivity (Wildman–Crippen MR) is 108 cm³/mol. The van der Waals surface area contributed by atoms with Crippen molar-refractivity contribution in [1.82, 2.24) is 5.32 Å². The van der Waals surface area contributed by atoms with Crippen LogP contribution in [0.5, 0.6) is 0 Å². The van der Waals surface area contributed by atoms with E-state index in [2.05, 4.69) is 79.5 Å². The molecule has 0 bridgehead atoms. The van der Waals surface area contributed by atoms with Crippen LogP contribution in [0.1, 0.15) is 30.9 Å². The zero-order chi connectivity index (χ0) is 18.7. The topological polar surface area (TPSA) is 29.1 Å². The molecule has 0 atom stereocenters. The third kappa shape index (κ3) is 6.49. The van der Waals surface area contributed by atoms with E-state index in [-0.39, 0.29) is 5.91 Å². The van der Waals surface area contributed by atoms with Gasteiger partial charge >= 0.3 is 0 Å². The molecular formula is C23H31N2O+. The summed E-state index contributed by atoms with van der Waals surface area (Å²) in [6, 6.07) is 21.5. The van der Waals surface area contributed by atoms with Crippen LogP contribution in [0.4, 0.5) is 0 Å². The normalized spacial score (nSPS) is 11.1. The van der Waals surface area contributed by atoms with Gasteiger partial charge in [0.15, 0.2) is 0 Å². The van der Waals surface area contributed by atoms with Crippen LogP contribution in [0.15, 0.2) is 73.3 Å². The van der Waals surface area contributed by atoms with E-state index in [9.17, 15) is 4.79 Å². The maximum absolute atomic E-state index is 11.4. The molecule has 26 heavy (non-hydrogen) atoms. The molecule has 0 aliphatic rings. The van der Waals surface area contributed by atoms with E-state index in [4.69, 9.17) is 0 Å². The van der Waals surface area contributed by atoms with Gasteiger partial charge in [-0.15, -0.1) is 0 Å². The highest BCUT2D eigenvalue weighted by molar-refractivity contribution is 5.86. The Morgan fingerprint density at radius 1 is 0.962 bits per heavy atom. The highest BCUT2D eigenvalue weighted by Crippen LogP contribution is 2.21. The molecule has 0 aliphatic carbocycles. The van der Waals surface area contributed by atoms with Crippen molar-refractivity contribution in [2.24, 2.45) is 0 Å². The minimum atomic E-state index is -0.0929. The summed E-state index contributed by atoms with van der Waals surface area (Å²) in [7, 11) is 0. The quantitative estimate of drug-likeness (QED) is 0.365. The van der Waals surface area contributed by atoms with Gasteiger partial charge < -0.3 is 9.80 Å². The molecule has 2 aromatic rings. The summed E-state index contributed by atoms with van der Waals surface area (Å²) < 4.78 is 1.01. The van der Waals surface area contributed by atoms with Gasteiger partial charge in [-0.05, 0) is 12.5 Å². The number of nitrogens with zero attached hydrogens (tertiary/aromatic N) is 1. The van der Waals surface area contributed by atoms with Gasteiger partial charge in [-0.3, -0.25) is 4.79 Å². The summed E-state index contributed by atoms with van der Waals surface area (Å²) in [5, 5.41) is 2.91. The average Bonchev–Trinajstić information content (AvgIpc) is 2.67. The van der Waals surface area contributed by atoms with Gasteiger partial charge in [0.1, 0.15) is 13.1 Å². The van der Waals surface area contributed by atoms with E-state index in [1.165, 1.54) is 17.2 Å². The minimum absolute atomic E-state index is 0.0929. The van der Waals surface area contributed by atoms with Crippen LogP contribution >= 0.6 is 0 Å². The lowest BCUT2D eigenvalue weighted by Crippen LogP contribution is -2.48. The van der Waals surface area contributed by atoms with E-state index >= 15 is 0 Å². The first-order valence-corrected chi connectivity index (χ1v) is 9.51. The van der Waals surface area contributed by atoms with Crippen LogP contribution in [0, 0.1) is 0 Å². The molecule has 2 rings (SSSR count). The minimum Gasteiger partial charge on any atom is -0.352 e. The zero-order valence-electron chi connectivity index (χ0n) is 15.9. The van der Waals surface area contributed by atoms with Crippen molar-refractivity contribution in [1.29, 1.82) is 0 Å². The van der Waals surface area contributed by atoms with Gasteiger partial charge in [0, 0.05) is 24.1 Å². The number of amides is 1.